The van der Waals surface area contributed by atoms with Crippen LogP contribution in [-0.2, 0) is 6.42 Å². The van der Waals surface area contributed by atoms with Crippen LogP contribution in [0.1, 0.15) is 5.56 Å². The van der Waals surface area contributed by atoms with Crippen molar-refractivity contribution in [2.24, 2.45) is 10.7 Å². The molecule has 0 aromatic heterocycles. The van der Waals surface area contributed by atoms with E-state index in [0.29, 0.717) is 23.4 Å². The third-order valence-electron chi connectivity index (χ3n) is 3.05. The summed E-state index contributed by atoms with van der Waals surface area (Å²) < 4.78 is 31.5. The second-order valence-electron chi connectivity index (χ2n) is 4.58. The lowest BCUT2D eigenvalue weighted by Gasteiger charge is -2.10. The first-order valence-electron chi connectivity index (χ1n) is 6.74. The summed E-state index contributed by atoms with van der Waals surface area (Å²) in [4.78, 5) is 4.12. The van der Waals surface area contributed by atoms with Crippen molar-refractivity contribution in [1.82, 2.24) is 0 Å². The number of guanidine groups is 1. The van der Waals surface area contributed by atoms with E-state index in [9.17, 15) is 8.78 Å². The molecule has 0 radical (unpaired) electrons. The average molecular weight is 305 g/mol. The lowest BCUT2D eigenvalue weighted by Crippen LogP contribution is -2.23. The molecular formula is C16H17F2N3O. The normalized spacial score (nSPS) is 11.3. The number of nitrogens with zero attached hydrogens (tertiary/aromatic N) is 1. The number of benzene rings is 2. The van der Waals surface area contributed by atoms with Crippen LogP contribution in [0.15, 0.2) is 47.5 Å². The fourth-order valence-electron chi connectivity index (χ4n) is 1.95. The van der Waals surface area contributed by atoms with E-state index >= 15 is 0 Å². The van der Waals surface area contributed by atoms with Crippen molar-refractivity contribution in [3.8, 4) is 5.75 Å². The number of hydrogen-bond acceptors (Lipinski definition) is 2. The molecule has 0 bridgehead atoms. The maximum absolute atomic E-state index is 13.5. The number of ether oxygens (including phenoxy) is 1. The molecule has 0 saturated heterocycles. The van der Waals surface area contributed by atoms with Gasteiger partial charge in [0.2, 0.25) is 0 Å². The zero-order valence-corrected chi connectivity index (χ0v) is 12.1. The Kier molecular flexibility index (Phi) is 5.30. The van der Waals surface area contributed by atoms with Gasteiger partial charge in [0.15, 0.2) is 5.96 Å². The third kappa shape index (κ3) is 4.18. The summed E-state index contributed by atoms with van der Waals surface area (Å²) in [6, 6.07) is 10.8. The Morgan fingerprint density at radius 3 is 2.73 bits per heavy atom. The molecule has 0 unspecified atom stereocenters. The number of halogens is 2. The number of methoxy groups -OCH3 is 1. The number of para-hydroxylation sites is 2. The lowest BCUT2D eigenvalue weighted by atomic mass is 10.1. The number of hydrogen-bond donors (Lipinski definition) is 2. The predicted octanol–water partition coefficient (Wildman–Crippen LogP) is 2.94. The van der Waals surface area contributed by atoms with Crippen molar-refractivity contribution < 1.29 is 13.5 Å². The largest absolute Gasteiger partial charge is 0.495 e. The zero-order chi connectivity index (χ0) is 15.9. The van der Waals surface area contributed by atoms with Gasteiger partial charge < -0.3 is 15.8 Å². The van der Waals surface area contributed by atoms with Gasteiger partial charge in [0.05, 0.1) is 12.8 Å². The summed E-state index contributed by atoms with van der Waals surface area (Å²) in [5.74, 6) is -0.328. The van der Waals surface area contributed by atoms with Crippen LogP contribution in [0.25, 0.3) is 0 Å². The Balaban J connectivity index is 1.95. The molecule has 0 fully saturated rings. The Morgan fingerprint density at radius 2 is 2.00 bits per heavy atom. The average Bonchev–Trinajstić information content (AvgIpc) is 2.50. The minimum atomic E-state index is -0.595. The van der Waals surface area contributed by atoms with Gasteiger partial charge in [0.25, 0.3) is 0 Å². The topological polar surface area (TPSA) is 59.6 Å². The molecule has 116 valence electrons. The monoisotopic (exact) mass is 305 g/mol. The maximum Gasteiger partial charge on any atom is 0.193 e. The molecule has 2 rings (SSSR count). The van der Waals surface area contributed by atoms with E-state index in [1.807, 2.05) is 12.1 Å². The van der Waals surface area contributed by atoms with Gasteiger partial charge >= 0.3 is 0 Å². The molecule has 0 spiro atoms. The molecular weight excluding hydrogens is 288 g/mol. The Hall–Kier alpha value is -2.63. The number of anilines is 1. The van der Waals surface area contributed by atoms with Crippen molar-refractivity contribution in [1.29, 1.82) is 0 Å². The molecule has 0 amide bonds. The van der Waals surface area contributed by atoms with Gasteiger partial charge in [-0.05, 0) is 30.2 Å². The van der Waals surface area contributed by atoms with Crippen LogP contribution < -0.4 is 15.8 Å². The van der Waals surface area contributed by atoms with E-state index in [1.54, 1.807) is 19.2 Å². The Bertz CT molecular complexity index is 674. The molecule has 2 aromatic rings. The second-order valence-corrected chi connectivity index (χ2v) is 4.58. The quantitative estimate of drug-likeness (QED) is 0.659. The van der Waals surface area contributed by atoms with Crippen molar-refractivity contribution in [3.05, 3.63) is 59.7 Å². The summed E-state index contributed by atoms with van der Waals surface area (Å²) >= 11 is 0. The predicted molar refractivity (Wildman–Crippen MR) is 83.2 cm³/mol. The lowest BCUT2D eigenvalue weighted by molar-refractivity contribution is 0.417. The Morgan fingerprint density at radius 1 is 1.23 bits per heavy atom. The molecule has 0 aliphatic heterocycles. The number of rotatable bonds is 5. The van der Waals surface area contributed by atoms with Crippen LogP contribution in [0, 0.1) is 11.6 Å². The molecule has 0 aliphatic rings. The molecule has 0 heterocycles. The molecule has 0 aliphatic carbocycles. The van der Waals surface area contributed by atoms with Gasteiger partial charge in [-0.2, -0.15) is 0 Å². The van der Waals surface area contributed by atoms with Gasteiger partial charge in [-0.15, -0.1) is 0 Å². The van der Waals surface area contributed by atoms with Gasteiger partial charge in [-0.3, -0.25) is 4.99 Å². The van der Waals surface area contributed by atoms with E-state index in [-0.39, 0.29) is 12.5 Å². The van der Waals surface area contributed by atoms with Crippen LogP contribution in [0.3, 0.4) is 0 Å². The fourth-order valence-corrected chi connectivity index (χ4v) is 1.95. The zero-order valence-electron chi connectivity index (χ0n) is 12.1. The highest BCUT2D eigenvalue weighted by atomic mass is 19.1. The summed E-state index contributed by atoms with van der Waals surface area (Å²) in [6.45, 7) is 0.288. The summed E-state index contributed by atoms with van der Waals surface area (Å²) in [5, 5.41) is 2.92. The van der Waals surface area contributed by atoms with Crippen molar-refractivity contribution in [2.45, 2.75) is 6.42 Å². The molecule has 0 saturated carbocycles. The van der Waals surface area contributed by atoms with Gasteiger partial charge in [0.1, 0.15) is 17.4 Å². The number of nitrogens with one attached hydrogen (secondary N) is 1. The van der Waals surface area contributed by atoms with Crippen LogP contribution in [0.2, 0.25) is 0 Å². The summed E-state index contributed by atoms with van der Waals surface area (Å²) in [5.41, 5.74) is 6.88. The molecule has 0 atom stereocenters. The maximum atomic E-state index is 13.5. The molecule has 4 nitrogen and oxygen atoms in total. The highest BCUT2D eigenvalue weighted by Crippen LogP contribution is 2.22. The van der Waals surface area contributed by atoms with Crippen molar-refractivity contribution >= 4 is 11.6 Å². The van der Waals surface area contributed by atoms with Crippen LogP contribution in [0.5, 0.6) is 5.75 Å². The van der Waals surface area contributed by atoms with Crippen molar-refractivity contribution in [3.63, 3.8) is 0 Å². The minimum Gasteiger partial charge on any atom is -0.495 e. The first-order valence-corrected chi connectivity index (χ1v) is 6.74. The fraction of sp³-hybridized carbons (Fsp3) is 0.188. The van der Waals surface area contributed by atoms with Crippen LogP contribution in [-0.4, -0.2) is 19.6 Å². The van der Waals surface area contributed by atoms with E-state index in [0.717, 1.165) is 6.07 Å². The highest BCUT2D eigenvalue weighted by Gasteiger charge is 2.04. The second kappa shape index (κ2) is 7.40. The van der Waals surface area contributed by atoms with Gasteiger partial charge in [-0.25, -0.2) is 8.78 Å². The minimum absolute atomic E-state index is 0.201. The Labute approximate surface area is 127 Å². The van der Waals surface area contributed by atoms with Crippen LogP contribution >= 0.6 is 0 Å². The van der Waals surface area contributed by atoms with E-state index < -0.39 is 11.6 Å². The molecule has 2 aromatic carbocycles. The van der Waals surface area contributed by atoms with E-state index in [2.05, 4.69) is 10.3 Å². The molecule has 22 heavy (non-hydrogen) atoms. The summed E-state index contributed by atoms with van der Waals surface area (Å²) in [6.07, 6.45) is 0.334. The number of aliphatic imine (C=N–C) groups is 1. The SMILES string of the molecule is COc1ccccc1NC(N)=NCCc1ccc(F)cc1F. The standard InChI is InChI=1S/C16H17F2N3O/c1-22-15-5-3-2-4-14(15)21-16(19)20-9-8-11-6-7-12(17)10-13(11)18/h2-7,10H,8-9H2,1H3,(H3,19,20,21). The summed E-state index contributed by atoms with van der Waals surface area (Å²) in [7, 11) is 1.56. The van der Waals surface area contributed by atoms with Crippen LogP contribution in [0.4, 0.5) is 14.5 Å². The van der Waals surface area contributed by atoms with Gasteiger partial charge in [0, 0.05) is 12.6 Å². The van der Waals surface area contributed by atoms with Crippen molar-refractivity contribution in [2.75, 3.05) is 19.0 Å². The van der Waals surface area contributed by atoms with E-state index in [4.69, 9.17) is 10.5 Å². The van der Waals surface area contributed by atoms with Gasteiger partial charge in [-0.1, -0.05) is 18.2 Å². The molecule has 6 heteroatoms. The van der Waals surface area contributed by atoms with E-state index in [1.165, 1.54) is 12.1 Å². The highest BCUT2D eigenvalue weighted by molar-refractivity contribution is 5.93. The smallest absolute Gasteiger partial charge is 0.193 e. The first kappa shape index (κ1) is 15.8. The first-order chi connectivity index (χ1) is 10.6. The molecule has 3 N–H and O–H groups in total. The third-order valence-corrected chi connectivity index (χ3v) is 3.05. The number of nitrogens with two attached hydrogens (primary N) is 1.